The van der Waals surface area contributed by atoms with E-state index in [1.165, 1.54) is 6.92 Å². The molecule has 0 bridgehead atoms. The third-order valence-corrected chi connectivity index (χ3v) is 4.30. The lowest BCUT2D eigenvalue weighted by atomic mass is 9.98. The number of hydrogen-bond acceptors (Lipinski definition) is 4. The number of carbonyl (C=O) groups is 2. The predicted octanol–water partition coefficient (Wildman–Crippen LogP) is 2.32. The first-order chi connectivity index (χ1) is 11.6. The molecule has 24 heavy (non-hydrogen) atoms. The summed E-state index contributed by atoms with van der Waals surface area (Å²) in [6.07, 6.45) is -0.347. The zero-order valence-electron chi connectivity index (χ0n) is 13.2. The van der Waals surface area contributed by atoms with Crippen molar-refractivity contribution in [2.24, 2.45) is 4.99 Å². The van der Waals surface area contributed by atoms with Crippen molar-refractivity contribution in [3.05, 3.63) is 65.2 Å². The Labute approximate surface area is 139 Å². The van der Waals surface area contributed by atoms with Crippen LogP contribution >= 0.6 is 0 Å². The minimum absolute atomic E-state index is 0.290. The summed E-state index contributed by atoms with van der Waals surface area (Å²) >= 11 is 0. The maximum atomic E-state index is 12.8. The molecule has 1 amide bonds. The molecule has 1 unspecified atom stereocenters. The van der Waals surface area contributed by atoms with Crippen molar-refractivity contribution < 1.29 is 14.3 Å². The van der Waals surface area contributed by atoms with Crippen LogP contribution < -0.4 is 4.90 Å². The summed E-state index contributed by atoms with van der Waals surface area (Å²) in [5.41, 5.74) is 4.48. The zero-order valence-corrected chi connectivity index (χ0v) is 13.2. The molecule has 5 nitrogen and oxygen atoms in total. The van der Waals surface area contributed by atoms with Crippen LogP contribution in [0.1, 0.15) is 23.6 Å². The van der Waals surface area contributed by atoms with E-state index >= 15 is 0 Å². The Morgan fingerprint density at radius 1 is 1.17 bits per heavy atom. The van der Waals surface area contributed by atoms with Gasteiger partial charge in [-0.3, -0.25) is 9.59 Å². The molecule has 0 spiro atoms. The Bertz CT molecular complexity index is 858. The first-order valence-corrected chi connectivity index (χ1v) is 7.89. The standard InChI is InChI=1S/C19H16N2O3/c1-12(22)24-18-19(23)21-11-10-14-8-5-9-15(17(14)21)16(20-18)13-6-3-2-4-7-13/h2-9,18H,10-11H2,1H3. The van der Waals surface area contributed by atoms with E-state index in [2.05, 4.69) is 4.99 Å². The lowest BCUT2D eigenvalue weighted by Gasteiger charge is -2.19. The van der Waals surface area contributed by atoms with E-state index in [9.17, 15) is 9.59 Å². The number of esters is 1. The van der Waals surface area contributed by atoms with Gasteiger partial charge in [0.15, 0.2) is 0 Å². The topological polar surface area (TPSA) is 59.0 Å². The highest BCUT2D eigenvalue weighted by atomic mass is 16.6. The fourth-order valence-electron chi connectivity index (χ4n) is 3.30. The molecule has 2 aromatic carbocycles. The van der Waals surface area contributed by atoms with Gasteiger partial charge in [-0.15, -0.1) is 0 Å². The highest BCUT2D eigenvalue weighted by Crippen LogP contribution is 2.36. The second-order valence-corrected chi connectivity index (χ2v) is 5.86. The maximum Gasteiger partial charge on any atom is 0.305 e. The van der Waals surface area contributed by atoms with Crippen LogP contribution in [0.3, 0.4) is 0 Å². The average Bonchev–Trinajstić information content (AvgIpc) is 2.98. The molecular weight excluding hydrogens is 304 g/mol. The summed E-state index contributed by atoms with van der Waals surface area (Å²) in [6.45, 7) is 1.87. The minimum Gasteiger partial charge on any atom is -0.430 e. The summed E-state index contributed by atoms with van der Waals surface area (Å²) < 4.78 is 5.20. The number of aliphatic imine (C=N–C) groups is 1. The number of benzene rings is 2. The molecule has 120 valence electrons. The molecule has 0 aromatic heterocycles. The molecule has 0 radical (unpaired) electrons. The molecule has 4 rings (SSSR count). The van der Waals surface area contributed by atoms with Crippen molar-refractivity contribution in [3.8, 4) is 0 Å². The number of hydrogen-bond donors (Lipinski definition) is 0. The molecule has 0 aliphatic carbocycles. The predicted molar refractivity (Wildman–Crippen MR) is 90.1 cm³/mol. The third kappa shape index (κ3) is 2.29. The molecule has 1 atom stereocenters. The monoisotopic (exact) mass is 320 g/mol. The van der Waals surface area contributed by atoms with Crippen LogP contribution in [0.5, 0.6) is 0 Å². The SMILES string of the molecule is CC(=O)OC1N=C(c2ccccc2)c2cccc3c2N(CC3)C1=O. The van der Waals surface area contributed by atoms with Crippen molar-refractivity contribution in [2.45, 2.75) is 19.6 Å². The average molecular weight is 320 g/mol. The molecule has 2 aromatic rings. The van der Waals surface area contributed by atoms with E-state index in [4.69, 9.17) is 4.74 Å². The number of anilines is 1. The molecule has 0 saturated carbocycles. The van der Waals surface area contributed by atoms with Crippen molar-refractivity contribution in [3.63, 3.8) is 0 Å². The van der Waals surface area contributed by atoms with E-state index in [-0.39, 0.29) is 5.91 Å². The molecule has 5 heteroatoms. The number of ether oxygens (including phenoxy) is 1. The summed E-state index contributed by atoms with van der Waals surface area (Å²) in [6, 6.07) is 15.6. The van der Waals surface area contributed by atoms with Crippen LogP contribution in [-0.4, -0.2) is 30.4 Å². The van der Waals surface area contributed by atoms with Gasteiger partial charge in [-0.05, 0) is 12.0 Å². The van der Waals surface area contributed by atoms with Gasteiger partial charge in [0.2, 0.25) is 0 Å². The number of carbonyl (C=O) groups excluding carboxylic acids is 2. The van der Waals surface area contributed by atoms with Crippen molar-refractivity contribution in [2.75, 3.05) is 11.4 Å². The van der Waals surface area contributed by atoms with E-state index in [1.54, 1.807) is 4.90 Å². The van der Waals surface area contributed by atoms with E-state index in [1.807, 2.05) is 48.5 Å². The van der Waals surface area contributed by atoms with E-state index in [0.717, 1.165) is 28.8 Å². The third-order valence-electron chi connectivity index (χ3n) is 4.30. The fourth-order valence-corrected chi connectivity index (χ4v) is 3.30. The summed E-state index contributed by atoms with van der Waals surface area (Å²) in [5.74, 6) is -0.808. The highest BCUT2D eigenvalue weighted by molar-refractivity contribution is 6.20. The molecule has 2 heterocycles. The fraction of sp³-hybridized carbons (Fsp3) is 0.211. The Morgan fingerprint density at radius 3 is 2.71 bits per heavy atom. The molecule has 0 saturated heterocycles. The number of amides is 1. The second-order valence-electron chi connectivity index (χ2n) is 5.86. The van der Waals surface area contributed by atoms with Crippen LogP contribution in [-0.2, 0) is 20.7 Å². The molecule has 2 aliphatic heterocycles. The van der Waals surface area contributed by atoms with Gasteiger partial charge in [-0.25, -0.2) is 4.99 Å². The van der Waals surface area contributed by atoms with Crippen molar-refractivity contribution >= 4 is 23.3 Å². The van der Waals surface area contributed by atoms with Crippen molar-refractivity contribution in [1.29, 1.82) is 0 Å². The Hall–Kier alpha value is -2.95. The highest BCUT2D eigenvalue weighted by Gasteiger charge is 2.37. The van der Waals surface area contributed by atoms with Gasteiger partial charge in [-0.1, -0.05) is 48.5 Å². The van der Waals surface area contributed by atoms with Gasteiger partial charge in [0.25, 0.3) is 12.1 Å². The Morgan fingerprint density at radius 2 is 1.96 bits per heavy atom. The van der Waals surface area contributed by atoms with Gasteiger partial charge in [0, 0.05) is 24.6 Å². The van der Waals surface area contributed by atoms with Gasteiger partial charge in [0.1, 0.15) is 0 Å². The van der Waals surface area contributed by atoms with Gasteiger partial charge >= 0.3 is 5.97 Å². The van der Waals surface area contributed by atoms with Crippen molar-refractivity contribution in [1.82, 2.24) is 0 Å². The molecule has 0 N–H and O–H groups in total. The first-order valence-electron chi connectivity index (χ1n) is 7.89. The summed E-state index contributed by atoms with van der Waals surface area (Å²) in [5, 5.41) is 0. The second kappa shape index (κ2) is 5.60. The zero-order chi connectivity index (χ0) is 16.7. The lowest BCUT2D eigenvalue weighted by molar-refractivity contribution is -0.152. The molecular formula is C19H16N2O3. The van der Waals surface area contributed by atoms with E-state index < -0.39 is 12.2 Å². The quantitative estimate of drug-likeness (QED) is 0.798. The number of para-hydroxylation sites is 1. The van der Waals surface area contributed by atoms with Gasteiger partial charge < -0.3 is 9.64 Å². The minimum atomic E-state index is -1.14. The summed E-state index contributed by atoms with van der Waals surface area (Å²) in [7, 11) is 0. The number of nitrogens with zero attached hydrogens (tertiary/aromatic N) is 2. The van der Waals surface area contributed by atoms with Crippen LogP contribution in [0, 0.1) is 0 Å². The van der Waals surface area contributed by atoms with Crippen LogP contribution in [0.2, 0.25) is 0 Å². The normalized spacial score (nSPS) is 18.7. The van der Waals surface area contributed by atoms with Crippen LogP contribution in [0.25, 0.3) is 0 Å². The Kier molecular flexibility index (Phi) is 3.41. The largest absolute Gasteiger partial charge is 0.430 e. The Balaban J connectivity index is 1.94. The van der Waals surface area contributed by atoms with Crippen LogP contribution in [0.4, 0.5) is 5.69 Å². The lowest BCUT2D eigenvalue weighted by Crippen LogP contribution is -2.38. The molecule has 0 fully saturated rings. The van der Waals surface area contributed by atoms with Gasteiger partial charge in [0.05, 0.1) is 11.4 Å². The number of rotatable bonds is 2. The van der Waals surface area contributed by atoms with Crippen LogP contribution in [0.15, 0.2) is 53.5 Å². The molecule has 2 aliphatic rings. The summed E-state index contributed by atoms with van der Waals surface area (Å²) in [4.78, 5) is 30.5. The first kappa shape index (κ1) is 14.6. The smallest absolute Gasteiger partial charge is 0.305 e. The maximum absolute atomic E-state index is 12.8. The van der Waals surface area contributed by atoms with Gasteiger partial charge in [-0.2, -0.15) is 0 Å². The van der Waals surface area contributed by atoms with E-state index in [0.29, 0.717) is 12.3 Å².